The molecule has 0 spiro atoms. The molecule has 1 aromatic carbocycles. The summed E-state index contributed by atoms with van der Waals surface area (Å²) in [5.74, 6) is 0.885. The normalized spacial score (nSPS) is 10.8. The summed E-state index contributed by atoms with van der Waals surface area (Å²) in [5, 5.41) is 5.41. The van der Waals surface area contributed by atoms with Gasteiger partial charge in [0.1, 0.15) is 12.4 Å². The number of hydrogen-bond donors (Lipinski definition) is 0. The third-order valence-electron chi connectivity index (χ3n) is 3.12. The van der Waals surface area contributed by atoms with Crippen LogP contribution in [0.3, 0.4) is 0 Å². The lowest BCUT2D eigenvalue weighted by atomic mass is 10.2. The van der Waals surface area contributed by atoms with Crippen LogP contribution in [0.4, 0.5) is 0 Å². The first kappa shape index (κ1) is 15.6. The highest BCUT2D eigenvalue weighted by Gasteiger charge is 2.14. The highest BCUT2D eigenvalue weighted by atomic mass is 79.9. The molecule has 3 nitrogen and oxygen atoms in total. The lowest BCUT2D eigenvalue weighted by Crippen LogP contribution is -2.06. The number of nitrogens with zero attached hydrogens (tertiary/aromatic N) is 2. The number of rotatable bonds is 6. The predicted octanol–water partition coefficient (Wildman–Crippen LogP) is 4.70. The summed E-state index contributed by atoms with van der Waals surface area (Å²) in [7, 11) is 0. The molecule has 0 aliphatic heterocycles. The smallest absolute Gasteiger partial charge is 0.131 e. The van der Waals surface area contributed by atoms with Gasteiger partial charge in [0.2, 0.25) is 0 Å². The molecule has 1 aromatic heterocycles. The molecule has 5 heteroatoms. The van der Waals surface area contributed by atoms with Crippen molar-refractivity contribution in [1.82, 2.24) is 9.78 Å². The van der Waals surface area contributed by atoms with Gasteiger partial charge in [0.05, 0.1) is 15.9 Å². The van der Waals surface area contributed by atoms with Crippen molar-refractivity contribution in [2.45, 2.75) is 38.8 Å². The molecule has 0 fully saturated rings. The van der Waals surface area contributed by atoms with Gasteiger partial charge in [-0.2, -0.15) is 5.10 Å². The van der Waals surface area contributed by atoms with E-state index < -0.39 is 0 Å². The Hall–Kier alpha value is -0.810. The molecular weight excluding hydrogens is 384 g/mol. The quantitative estimate of drug-likeness (QED) is 0.655. The zero-order valence-electron chi connectivity index (χ0n) is 11.7. The molecule has 0 saturated heterocycles. The van der Waals surface area contributed by atoms with E-state index in [2.05, 4.69) is 62.9 Å². The molecule has 0 atom stereocenters. The van der Waals surface area contributed by atoms with Gasteiger partial charge in [0, 0.05) is 11.9 Å². The molecule has 20 heavy (non-hydrogen) atoms. The van der Waals surface area contributed by atoms with E-state index in [9.17, 15) is 0 Å². The van der Waals surface area contributed by atoms with Crippen LogP contribution >= 0.6 is 31.9 Å². The Morgan fingerprint density at radius 2 is 2.10 bits per heavy atom. The van der Waals surface area contributed by atoms with Crippen LogP contribution in [0.5, 0.6) is 5.75 Å². The van der Waals surface area contributed by atoms with Crippen molar-refractivity contribution in [2.24, 2.45) is 0 Å². The minimum absolute atomic E-state index is 0.521. The van der Waals surface area contributed by atoms with Gasteiger partial charge in [-0.15, -0.1) is 0 Å². The topological polar surface area (TPSA) is 27.1 Å². The minimum Gasteiger partial charge on any atom is -0.487 e. The van der Waals surface area contributed by atoms with Gasteiger partial charge in [0.25, 0.3) is 0 Å². The van der Waals surface area contributed by atoms with Crippen molar-refractivity contribution in [3.8, 4) is 5.75 Å². The minimum atomic E-state index is 0.521. The second-order valence-electron chi connectivity index (χ2n) is 4.45. The van der Waals surface area contributed by atoms with Crippen molar-refractivity contribution in [3.05, 3.63) is 45.7 Å². The molecule has 0 saturated carbocycles. The fourth-order valence-corrected chi connectivity index (χ4v) is 3.05. The first-order valence-corrected chi connectivity index (χ1v) is 8.62. The van der Waals surface area contributed by atoms with Crippen LogP contribution in [0.1, 0.15) is 30.8 Å². The second-order valence-corrected chi connectivity index (χ2v) is 5.80. The molecule has 2 aromatic rings. The summed E-state index contributed by atoms with van der Waals surface area (Å²) in [6.07, 6.45) is 0.916. The molecule has 0 bridgehead atoms. The van der Waals surface area contributed by atoms with Gasteiger partial charge >= 0.3 is 0 Å². The van der Waals surface area contributed by atoms with Gasteiger partial charge in [-0.25, -0.2) is 0 Å². The van der Waals surface area contributed by atoms with Crippen molar-refractivity contribution in [3.63, 3.8) is 0 Å². The summed E-state index contributed by atoms with van der Waals surface area (Å²) < 4.78 is 8.97. The van der Waals surface area contributed by atoms with E-state index >= 15 is 0 Å². The van der Waals surface area contributed by atoms with Gasteiger partial charge in [-0.3, -0.25) is 4.68 Å². The van der Waals surface area contributed by atoms with Crippen molar-refractivity contribution in [2.75, 3.05) is 0 Å². The van der Waals surface area contributed by atoms with Gasteiger partial charge in [-0.05, 0) is 47.0 Å². The molecule has 0 aliphatic carbocycles. The number of halogens is 2. The Morgan fingerprint density at radius 3 is 2.75 bits per heavy atom. The third-order valence-corrected chi connectivity index (χ3v) is 4.69. The Morgan fingerprint density at radius 1 is 1.30 bits per heavy atom. The average Bonchev–Trinajstić information content (AvgIpc) is 2.81. The molecule has 2 rings (SSSR count). The second kappa shape index (κ2) is 7.27. The molecule has 0 unspecified atom stereocenters. The first-order chi connectivity index (χ1) is 9.69. The molecule has 0 radical (unpaired) electrons. The van der Waals surface area contributed by atoms with E-state index in [1.54, 1.807) is 0 Å². The summed E-state index contributed by atoms with van der Waals surface area (Å²) in [4.78, 5) is 0. The maximum Gasteiger partial charge on any atom is 0.131 e. The van der Waals surface area contributed by atoms with Crippen LogP contribution in [-0.4, -0.2) is 9.78 Å². The maximum absolute atomic E-state index is 5.90. The number of hydrogen-bond acceptors (Lipinski definition) is 2. The average molecular weight is 402 g/mol. The zero-order valence-corrected chi connectivity index (χ0v) is 14.9. The van der Waals surface area contributed by atoms with Gasteiger partial charge in [0.15, 0.2) is 0 Å². The number of alkyl halides is 1. The van der Waals surface area contributed by atoms with E-state index in [-0.39, 0.29) is 0 Å². The van der Waals surface area contributed by atoms with Crippen molar-refractivity contribution >= 4 is 31.9 Å². The van der Waals surface area contributed by atoms with E-state index in [4.69, 9.17) is 4.74 Å². The largest absolute Gasteiger partial charge is 0.487 e. The third kappa shape index (κ3) is 3.44. The van der Waals surface area contributed by atoms with Crippen LogP contribution in [0, 0.1) is 0 Å². The molecule has 0 amide bonds. The number of benzene rings is 1. The molecule has 1 heterocycles. The highest BCUT2D eigenvalue weighted by molar-refractivity contribution is 9.10. The number of ether oxygens (including phenoxy) is 1. The van der Waals surface area contributed by atoms with E-state index in [0.717, 1.165) is 39.9 Å². The molecule has 0 aliphatic rings. The molecule has 108 valence electrons. The van der Waals surface area contributed by atoms with Crippen molar-refractivity contribution in [1.29, 1.82) is 0 Å². The lowest BCUT2D eigenvalue weighted by Gasteiger charge is -2.09. The van der Waals surface area contributed by atoms with Crippen molar-refractivity contribution < 1.29 is 4.74 Å². The monoisotopic (exact) mass is 400 g/mol. The van der Waals surface area contributed by atoms with Gasteiger partial charge < -0.3 is 4.74 Å². The molecular formula is C15H18Br2N2O. The predicted molar refractivity (Wildman–Crippen MR) is 88.4 cm³/mol. The van der Waals surface area contributed by atoms with Crippen LogP contribution < -0.4 is 4.74 Å². The summed E-state index contributed by atoms with van der Waals surface area (Å²) >= 11 is 7.09. The van der Waals surface area contributed by atoms with Crippen LogP contribution in [0.2, 0.25) is 0 Å². The summed E-state index contributed by atoms with van der Waals surface area (Å²) in [6.45, 7) is 5.57. The SMILES string of the molecule is CCc1nn(CC)c(COc2cccc(CBr)c2)c1Br. The Kier molecular flexibility index (Phi) is 5.66. The van der Waals surface area contributed by atoms with Crippen LogP contribution in [0.15, 0.2) is 28.7 Å². The van der Waals surface area contributed by atoms with Gasteiger partial charge in [-0.1, -0.05) is 35.0 Å². The summed E-state index contributed by atoms with van der Waals surface area (Å²) in [5.41, 5.74) is 3.38. The standard InChI is InChI=1S/C15H18Br2N2O/c1-3-13-15(17)14(19(4-2)18-13)10-20-12-7-5-6-11(8-12)9-16/h5-8H,3-4,9-10H2,1-2H3. The Balaban J connectivity index is 2.15. The van der Waals surface area contributed by atoms with E-state index in [0.29, 0.717) is 6.61 Å². The number of aryl methyl sites for hydroxylation is 2. The first-order valence-electron chi connectivity index (χ1n) is 6.71. The zero-order chi connectivity index (χ0) is 14.5. The lowest BCUT2D eigenvalue weighted by molar-refractivity contribution is 0.291. The fraction of sp³-hybridized carbons (Fsp3) is 0.400. The van der Waals surface area contributed by atoms with E-state index in [1.165, 1.54) is 5.56 Å². The Bertz CT molecular complexity index is 581. The van der Waals surface area contributed by atoms with Crippen LogP contribution in [-0.2, 0) is 24.9 Å². The van der Waals surface area contributed by atoms with E-state index in [1.807, 2.05) is 16.8 Å². The highest BCUT2D eigenvalue weighted by Crippen LogP contribution is 2.24. The summed E-state index contributed by atoms with van der Waals surface area (Å²) in [6, 6.07) is 8.11. The number of aromatic nitrogens is 2. The molecule has 0 N–H and O–H groups in total. The van der Waals surface area contributed by atoms with Crippen LogP contribution in [0.25, 0.3) is 0 Å². The Labute approximate surface area is 136 Å². The fourth-order valence-electron chi connectivity index (χ4n) is 2.03. The maximum atomic E-state index is 5.90.